The predicted octanol–water partition coefficient (Wildman–Crippen LogP) is 4.13. The summed E-state index contributed by atoms with van der Waals surface area (Å²) in [5.74, 6) is -0.877. The van der Waals surface area contributed by atoms with E-state index in [1.54, 1.807) is 25.1 Å². The van der Waals surface area contributed by atoms with Crippen LogP contribution in [0.15, 0.2) is 46.4 Å². The number of hydrogen-bond acceptors (Lipinski definition) is 4. The summed E-state index contributed by atoms with van der Waals surface area (Å²) in [6.45, 7) is 5.95. The fourth-order valence-electron chi connectivity index (χ4n) is 2.91. The van der Waals surface area contributed by atoms with E-state index in [1.165, 1.54) is 6.08 Å². The lowest BCUT2D eigenvalue weighted by Gasteiger charge is -2.28. The first-order valence-corrected chi connectivity index (χ1v) is 9.52. The normalized spacial score (nSPS) is 15.8. The average molecular weight is 443 g/mol. The van der Waals surface area contributed by atoms with Gasteiger partial charge in [-0.1, -0.05) is 28.1 Å². The van der Waals surface area contributed by atoms with Crippen LogP contribution in [0, 0.1) is 13.8 Å². The molecule has 28 heavy (non-hydrogen) atoms. The number of urea groups is 1. The number of nitrogens with zero attached hydrogens (tertiary/aromatic N) is 1. The molecule has 2 aromatic rings. The molecule has 0 bridgehead atoms. The zero-order valence-electron chi connectivity index (χ0n) is 15.7. The van der Waals surface area contributed by atoms with Crippen LogP contribution in [0.1, 0.15) is 23.6 Å². The highest BCUT2D eigenvalue weighted by atomic mass is 79.9. The Kier molecular flexibility index (Phi) is 5.65. The van der Waals surface area contributed by atoms with Gasteiger partial charge in [0.05, 0.1) is 12.3 Å². The molecule has 1 saturated heterocycles. The molecule has 7 heteroatoms. The second kappa shape index (κ2) is 7.98. The lowest BCUT2D eigenvalue weighted by molar-refractivity contribution is -0.122. The van der Waals surface area contributed by atoms with Gasteiger partial charge in [-0.25, -0.2) is 9.69 Å². The third kappa shape index (κ3) is 3.84. The van der Waals surface area contributed by atoms with Crippen molar-refractivity contribution in [1.82, 2.24) is 5.32 Å². The van der Waals surface area contributed by atoms with Crippen LogP contribution in [0.4, 0.5) is 10.5 Å². The summed E-state index contributed by atoms with van der Waals surface area (Å²) in [7, 11) is 0. The topological polar surface area (TPSA) is 75.7 Å². The largest absolute Gasteiger partial charge is 0.493 e. The number of barbiturate groups is 1. The number of nitrogens with one attached hydrogen (secondary N) is 1. The van der Waals surface area contributed by atoms with Crippen molar-refractivity contribution in [2.75, 3.05) is 11.5 Å². The molecule has 1 aliphatic heterocycles. The summed E-state index contributed by atoms with van der Waals surface area (Å²) in [4.78, 5) is 38.9. The summed E-state index contributed by atoms with van der Waals surface area (Å²) >= 11 is 3.38. The molecule has 1 aliphatic rings. The second-order valence-electron chi connectivity index (χ2n) is 6.36. The molecule has 4 amide bonds. The number of halogens is 1. The number of amides is 4. The lowest BCUT2D eigenvalue weighted by Crippen LogP contribution is -2.54. The second-order valence-corrected chi connectivity index (χ2v) is 7.28. The van der Waals surface area contributed by atoms with Crippen LogP contribution in [0.5, 0.6) is 5.75 Å². The molecule has 0 spiro atoms. The highest BCUT2D eigenvalue weighted by molar-refractivity contribution is 9.10. The minimum atomic E-state index is -0.764. The van der Waals surface area contributed by atoms with E-state index in [0.29, 0.717) is 23.6 Å². The summed E-state index contributed by atoms with van der Waals surface area (Å²) in [6, 6.07) is 10.00. The molecule has 0 atom stereocenters. The van der Waals surface area contributed by atoms with E-state index < -0.39 is 17.8 Å². The van der Waals surface area contributed by atoms with Gasteiger partial charge in [0.2, 0.25) is 0 Å². The van der Waals surface area contributed by atoms with Crippen LogP contribution in [-0.2, 0) is 9.59 Å². The minimum absolute atomic E-state index is 0.139. The van der Waals surface area contributed by atoms with Crippen molar-refractivity contribution in [3.05, 3.63) is 63.1 Å². The van der Waals surface area contributed by atoms with Gasteiger partial charge in [0, 0.05) is 10.0 Å². The monoisotopic (exact) mass is 442 g/mol. The third-order valence-corrected chi connectivity index (χ3v) is 4.77. The van der Waals surface area contributed by atoms with Gasteiger partial charge in [-0.15, -0.1) is 0 Å². The maximum Gasteiger partial charge on any atom is 0.335 e. The SMILES string of the molecule is CCOc1ccc(Br)cc1/C=C1\C(=O)NC(=O)N(c2cc(C)ccc2C)C1=O. The number of ether oxygens (including phenoxy) is 1. The Morgan fingerprint density at radius 2 is 1.86 bits per heavy atom. The van der Waals surface area contributed by atoms with Crippen molar-refractivity contribution in [3.8, 4) is 5.75 Å². The van der Waals surface area contributed by atoms with Gasteiger partial charge < -0.3 is 4.74 Å². The van der Waals surface area contributed by atoms with Gasteiger partial charge >= 0.3 is 6.03 Å². The zero-order valence-corrected chi connectivity index (χ0v) is 17.3. The molecule has 3 rings (SSSR count). The molecule has 0 aromatic heterocycles. The maximum atomic E-state index is 13.1. The van der Waals surface area contributed by atoms with Crippen molar-refractivity contribution < 1.29 is 19.1 Å². The summed E-state index contributed by atoms with van der Waals surface area (Å²) in [6.07, 6.45) is 1.44. The standard InChI is InChI=1S/C21H19BrN2O4/c1-4-28-18-8-7-15(22)10-14(18)11-16-19(25)23-21(27)24(20(16)26)17-9-12(2)5-6-13(17)3/h5-11H,4H2,1-3H3,(H,23,25,27)/b16-11+. The van der Waals surface area contributed by atoms with E-state index in [2.05, 4.69) is 21.2 Å². The number of hydrogen-bond donors (Lipinski definition) is 1. The molecule has 0 aliphatic carbocycles. The van der Waals surface area contributed by atoms with Gasteiger partial charge in [-0.3, -0.25) is 14.9 Å². The number of anilines is 1. The quantitative estimate of drug-likeness (QED) is 0.570. The van der Waals surface area contributed by atoms with Crippen molar-refractivity contribution >= 4 is 45.5 Å². The van der Waals surface area contributed by atoms with Gasteiger partial charge in [-0.2, -0.15) is 0 Å². The number of carbonyl (C=O) groups excluding carboxylic acids is 3. The van der Waals surface area contributed by atoms with E-state index in [-0.39, 0.29) is 5.57 Å². The fourth-order valence-corrected chi connectivity index (χ4v) is 3.29. The van der Waals surface area contributed by atoms with Gasteiger partial charge in [0.15, 0.2) is 0 Å². The summed E-state index contributed by atoms with van der Waals surface area (Å²) in [5.41, 5.74) is 2.51. The highest BCUT2D eigenvalue weighted by Crippen LogP contribution is 2.29. The summed E-state index contributed by atoms with van der Waals surface area (Å²) in [5, 5.41) is 2.25. The Morgan fingerprint density at radius 1 is 1.11 bits per heavy atom. The number of carbonyl (C=O) groups is 3. The summed E-state index contributed by atoms with van der Waals surface area (Å²) < 4.78 is 6.35. The number of rotatable bonds is 4. The van der Waals surface area contributed by atoms with Crippen LogP contribution in [0.3, 0.4) is 0 Å². The Labute approximate surface area is 171 Å². The van der Waals surface area contributed by atoms with Crippen molar-refractivity contribution in [3.63, 3.8) is 0 Å². The molecule has 0 unspecified atom stereocenters. The molecule has 144 valence electrons. The van der Waals surface area contributed by atoms with Gasteiger partial charge in [0.25, 0.3) is 11.8 Å². The number of benzene rings is 2. The van der Waals surface area contributed by atoms with E-state index in [0.717, 1.165) is 20.5 Å². The zero-order chi connectivity index (χ0) is 20.4. The van der Waals surface area contributed by atoms with Crippen LogP contribution in [-0.4, -0.2) is 24.5 Å². The van der Waals surface area contributed by atoms with Crippen LogP contribution in [0.2, 0.25) is 0 Å². The molecule has 6 nitrogen and oxygen atoms in total. The number of aryl methyl sites for hydroxylation is 2. The smallest absolute Gasteiger partial charge is 0.335 e. The van der Waals surface area contributed by atoms with Crippen molar-refractivity contribution in [2.24, 2.45) is 0 Å². The third-order valence-electron chi connectivity index (χ3n) is 4.28. The van der Waals surface area contributed by atoms with Crippen molar-refractivity contribution in [2.45, 2.75) is 20.8 Å². The van der Waals surface area contributed by atoms with Gasteiger partial charge in [0.1, 0.15) is 11.3 Å². The Bertz CT molecular complexity index is 1010. The molecule has 1 heterocycles. The lowest BCUT2D eigenvalue weighted by atomic mass is 10.0. The number of imide groups is 2. The van der Waals surface area contributed by atoms with E-state index in [1.807, 2.05) is 32.0 Å². The molecule has 1 fully saturated rings. The van der Waals surface area contributed by atoms with E-state index in [9.17, 15) is 14.4 Å². The first-order chi connectivity index (χ1) is 13.3. The first-order valence-electron chi connectivity index (χ1n) is 8.73. The van der Waals surface area contributed by atoms with E-state index in [4.69, 9.17) is 4.74 Å². The fraction of sp³-hybridized carbons (Fsp3) is 0.190. The van der Waals surface area contributed by atoms with Crippen LogP contribution >= 0.6 is 15.9 Å². The Balaban J connectivity index is 2.09. The van der Waals surface area contributed by atoms with Gasteiger partial charge in [-0.05, 0) is 62.2 Å². The van der Waals surface area contributed by atoms with Crippen molar-refractivity contribution in [1.29, 1.82) is 0 Å². The van der Waals surface area contributed by atoms with E-state index >= 15 is 0 Å². The van der Waals surface area contributed by atoms with Crippen LogP contribution in [0.25, 0.3) is 6.08 Å². The molecular formula is C21H19BrN2O4. The molecule has 0 radical (unpaired) electrons. The Morgan fingerprint density at radius 3 is 2.57 bits per heavy atom. The molecule has 0 saturated carbocycles. The maximum absolute atomic E-state index is 13.1. The minimum Gasteiger partial charge on any atom is -0.493 e. The van der Waals surface area contributed by atoms with Crippen LogP contribution < -0.4 is 15.0 Å². The molecule has 2 aromatic carbocycles. The highest BCUT2D eigenvalue weighted by Gasteiger charge is 2.37. The molecule has 1 N–H and O–H groups in total. The predicted molar refractivity (Wildman–Crippen MR) is 110 cm³/mol. The molecular weight excluding hydrogens is 424 g/mol. The first kappa shape index (κ1) is 19.8. The average Bonchev–Trinajstić information content (AvgIpc) is 2.63. The Hall–Kier alpha value is -2.93.